The van der Waals surface area contributed by atoms with Crippen molar-refractivity contribution in [2.75, 3.05) is 10.8 Å². The van der Waals surface area contributed by atoms with Gasteiger partial charge in [0.2, 0.25) is 11.8 Å². The van der Waals surface area contributed by atoms with Crippen molar-refractivity contribution in [3.63, 3.8) is 0 Å². The largest absolute Gasteiger partial charge is 0.417 e. The molecule has 45 heavy (non-hydrogen) atoms. The molecule has 0 aliphatic heterocycles. The number of carbonyl (C=O) groups excluding carboxylic acids is 2. The van der Waals surface area contributed by atoms with Gasteiger partial charge >= 0.3 is 6.18 Å². The van der Waals surface area contributed by atoms with E-state index in [9.17, 15) is 31.2 Å². The number of benzene rings is 3. The predicted octanol–water partition coefficient (Wildman–Crippen LogP) is 7.89. The Kier molecular flexibility index (Phi) is 11.5. The number of anilines is 1. The summed E-state index contributed by atoms with van der Waals surface area (Å²) in [7, 11) is -4.61. The molecule has 0 saturated heterocycles. The fourth-order valence-electron chi connectivity index (χ4n) is 4.46. The summed E-state index contributed by atoms with van der Waals surface area (Å²) in [6, 6.07) is 11.7. The first kappa shape index (κ1) is 36.5. The first-order chi connectivity index (χ1) is 20.7. The van der Waals surface area contributed by atoms with Gasteiger partial charge in [0.25, 0.3) is 10.0 Å². The van der Waals surface area contributed by atoms with Gasteiger partial charge < -0.3 is 10.2 Å². The maximum Gasteiger partial charge on any atom is 0.417 e. The molecule has 1 N–H and O–H groups in total. The Hall–Kier alpha value is -2.99. The van der Waals surface area contributed by atoms with Gasteiger partial charge in [-0.25, -0.2) is 8.42 Å². The van der Waals surface area contributed by atoms with Gasteiger partial charge in [-0.05, 0) is 82.1 Å². The second-order valence-corrected chi connectivity index (χ2v) is 14.5. The maximum absolute atomic E-state index is 14.2. The number of hydrogen-bond donors (Lipinski definition) is 1. The molecule has 0 fully saturated rings. The van der Waals surface area contributed by atoms with Crippen LogP contribution in [0.15, 0.2) is 65.6 Å². The van der Waals surface area contributed by atoms with E-state index < -0.39 is 62.4 Å². The van der Waals surface area contributed by atoms with Crippen molar-refractivity contribution in [2.45, 2.75) is 70.2 Å². The summed E-state index contributed by atoms with van der Waals surface area (Å²) in [4.78, 5) is 28.5. The van der Waals surface area contributed by atoms with Crippen LogP contribution in [0.4, 0.5) is 18.9 Å². The van der Waals surface area contributed by atoms with E-state index >= 15 is 0 Å². The Morgan fingerprint density at radius 1 is 0.911 bits per heavy atom. The first-order valence-electron chi connectivity index (χ1n) is 13.8. The molecular weight excluding hydrogens is 674 g/mol. The highest BCUT2D eigenvalue weighted by molar-refractivity contribution is 7.92. The van der Waals surface area contributed by atoms with Gasteiger partial charge in [0.05, 0.1) is 21.2 Å². The van der Waals surface area contributed by atoms with Crippen LogP contribution in [0, 0.1) is 6.92 Å². The lowest BCUT2D eigenvalue weighted by molar-refractivity contribution is -0.141. The molecule has 14 heteroatoms. The van der Waals surface area contributed by atoms with Crippen molar-refractivity contribution in [3.8, 4) is 0 Å². The molecule has 7 nitrogen and oxygen atoms in total. The van der Waals surface area contributed by atoms with Crippen LogP contribution in [-0.4, -0.2) is 43.3 Å². The second kappa shape index (κ2) is 14.2. The van der Waals surface area contributed by atoms with Crippen LogP contribution >= 0.6 is 34.8 Å². The molecule has 1 atom stereocenters. The minimum Gasteiger partial charge on any atom is -0.350 e. The highest BCUT2D eigenvalue weighted by atomic mass is 35.5. The Labute approximate surface area is 276 Å². The van der Waals surface area contributed by atoms with Crippen LogP contribution in [0.25, 0.3) is 0 Å². The molecule has 244 valence electrons. The number of alkyl halides is 3. The number of nitrogens with one attached hydrogen (secondary N) is 1. The van der Waals surface area contributed by atoms with Crippen molar-refractivity contribution >= 4 is 62.3 Å². The van der Waals surface area contributed by atoms with E-state index in [1.807, 2.05) is 0 Å². The minimum absolute atomic E-state index is 0.128. The Morgan fingerprint density at radius 3 is 2.07 bits per heavy atom. The molecule has 3 aromatic rings. The average Bonchev–Trinajstić information content (AvgIpc) is 2.91. The van der Waals surface area contributed by atoms with Crippen LogP contribution in [-0.2, 0) is 32.3 Å². The summed E-state index contributed by atoms with van der Waals surface area (Å²) in [5, 5.41) is 2.72. The van der Waals surface area contributed by atoms with E-state index in [1.165, 1.54) is 30.3 Å². The predicted molar refractivity (Wildman–Crippen MR) is 171 cm³/mol. The fourth-order valence-corrected chi connectivity index (χ4v) is 6.56. The molecule has 3 rings (SSSR count). The third-order valence-corrected chi connectivity index (χ3v) is 9.38. The number of aryl methyl sites for hydroxylation is 1. The van der Waals surface area contributed by atoms with Crippen molar-refractivity contribution in [1.29, 1.82) is 0 Å². The zero-order valence-electron chi connectivity index (χ0n) is 25.2. The van der Waals surface area contributed by atoms with Gasteiger partial charge in [0.1, 0.15) is 12.6 Å². The summed E-state index contributed by atoms with van der Waals surface area (Å²) in [6.45, 7) is 7.51. The van der Waals surface area contributed by atoms with E-state index in [0.717, 1.165) is 22.6 Å². The Balaban J connectivity index is 2.19. The number of sulfonamides is 1. The number of rotatable bonds is 10. The molecule has 3 aromatic carbocycles. The van der Waals surface area contributed by atoms with Crippen molar-refractivity contribution in [2.24, 2.45) is 0 Å². The summed E-state index contributed by atoms with van der Waals surface area (Å²) >= 11 is 18.3. The molecule has 0 heterocycles. The highest BCUT2D eigenvalue weighted by Crippen LogP contribution is 2.38. The lowest BCUT2D eigenvalue weighted by Crippen LogP contribution is -2.55. The van der Waals surface area contributed by atoms with Crippen LogP contribution in [0.1, 0.15) is 50.8 Å². The van der Waals surface area contributed by atoms with Gasteiger partial charge in [0, 0.05) is 22.1 Å². The smallest absolute Gasteiger partial charge is 0.350 e. The van der Waals surface area contributed by atoms with Crippen molar-refractivity contribution in [1.82, 2.24) is 10.2 Å². The molecular formula is C31H33Cl3F3N3O4S. The van der Waals surface area contributed by atoms with E-state index in [2.05, 4.69) is 5.32 Å². The van der Waals surface area contributed by atoms with Crippen LogP contribution in [0.5, 0.6) is 0 Å². The number of nitrogens with zero attached hydrogens (tertiary/aromatic N) is 2. The number of carbonyl (C=O) groups is 2. The molecule has 0 aromatic heterocycles. The number of hydrogen-bond acceptors (Lipinski definition) is 4. The van der Waals surface area contributed by atoms with Gasteiger partial charge in [-0.2, -0.15) is 13.2 Å². The molecule has 0 aliphatic carbocycles. The normalized spacial score (nSPS) is 12.9. The van der Waals surface area contributed by atoms with Gasteiger partial charge in [-0.3, -0.25) is 13.9 Å². The fraction of sp³-hybridized carbons (Fsp3) is 0.355. The molecule has 0 unspecified atom stereocenters. The lowest BCUT2D eigenvalue weighted by atomic mass is 10.1. The third kappa shape index (κ3) is 9.28. The average molecular weight is 707 g/mol. The highest BCUT2D eigenvalue weighted by Gasteiger charge is 2.37. The van der Waals surface area contributed by atoms with E-state index in [-0.39, 0.29) is 22.9 Å². The number of amides is 2. The lowest BCUT2D eigenvalue weighted by Gasteiger charge is -2.35. The van der Waals surface area contributed by atoms with Gasteiger partial charge in [-0.1, -0.05) is 65.5 Å². The quantitative estimate of drug-likeness (QED) is 0.232. The Bertz CT molecular complexity index is 1660. The molecule has 2 amide bonds. The summed E-state index contributed by atoms with van der Waals surface area (Å²) in [5.41, 5.74) is -1.24. The van der Waals surface area contributed by atoms with E-state index in [4.69, 9.17) is 34.8 Å². The van der Waals surface area contributed by atoms with Gasteiger partial charge in [-0.15, -0.1) is 0 Å². The summed E-state index contributed by atoms with van der Waals surface area (Å²) < 4.78 is 70.1. The van der Waals surface area contributed by atoms with E-state index in [1.54, 1.807) is 46.8 Å². The minimum atomic E-state index is -4.91. The zero-order chi connectivity index (χ0) is 33.9. The molecule has 0 radical (unpaired) electrons. The molecule has 0 spiro atoms. The molecule has 0 aliphatic rings. The standard InChI is InChI=1S/C31H33Cl3F3N3O4S/c1-6-27(29(42)38-30(3,4)5)39(17-20-9-10-21(32)15-26(20)34)28(41)18-40(45(43,44)23-12-7-19(2)8-13-23)22-11-14-25(33)24(16-22)31(35,36)37/h7-16,27H,6,17-18H2,1-5H3,(H,38,42)/t27-/m1/s1. The molecule has 0 saturated carbocycles. The Morgan fingerprint density at radius 2 is 1.53 bits per heavy atom. The third-order valence-electron chi connectivity index (χ3n) is 6.67. The zero-order valence-corrected chi connectivity index (χ0v) is 28.3. The van der Waals surface area contributed by atoms with Crippen molar-refractivity contribution < 1.29 is 31.2 Å². The molecule has 0 bridgehead atoms. The van der Waals surface area contributed by atoms with Crippen LogP contribution in [0.3, 0.4) is 0 Å². The number of halogens is 6. The summed E-state index contributed by atoms with van der Waals surface area (Å²) in [5.74, 6) is -1.38. The summed E-state index contributed by atoms with van der Waals surface area (Å²) in [6.07, 6.45) is -4.78. The second-order valence-electron chi connectivity index (χ2n) is 11.4. The SMILES string of the molecule is CC[C@H](C(=O)NC(C)(C)C)N(Cc1ccc(Cl)cc1Cl)C(=O)CN(c1ccc(Cl)c(C(F)(F)F)c1)S(=O)(=O)c1ccc(C)cc1. The van der Waals surface area contributed by atoms with Crippen LogP contribution < -0.4 is 9.62 Å². The van der Waals surface area contributed by atoms with Crippen molar-refractivity contribution in [3.05, 3.63) is 92.4 Å². The van der Waals surface area contributed by atoms with E-state index in [0.29, 0.717) is 21.0 Å². The maximum atomic E-state index is 14.2. The first-order valence-corrected chi connectivity index (χ1v) is 16.3. The monoisotopic (exact) mass is 705 g/mol. The van der Waals surface area contributed by atoms with Crippen LogP contribution in [0.2, 0.25) is 15.1 Å². The topological polar surface area (TPSA) is 86.8 Å². The van der Waals surface area contributed by atoms with Gasteiger partial charge in [0.15, 0.2) is 0 Å².